The molecule has 0 aromatic carbocycles. The summed E-state index contributed by atoms with van der Waals surface area (Å²) in [5.74, 6) is -0.236. The summed E-state index contributed by atoms with van der Waals surface area (Å²) in [7, 11) is 1.72. The van der Waals surface area contributed by atoms with E-state index in [9.17, 15) is 9.59 Å². The number of nitrogens with one attached hydrogen (secondary N) is 1. The Morgan fingerprint density at radius 1 is 1.53 bits per heavy atom. The van der Waals surface area contributed by atoms with E-state index >= 15 is 0 Å². The molecular weight excluding hydrogens is 218 g/mol. The SMILES string of the molecule is CCC(N)(CC)CNC(=O)C1CC(=O)N(C)C1. The van der Waals surface area contributed by atoms with Crippen LogP contribution >= 0.6 is 0 Å². The van der Waals surface area contributed by atoms with Gasteiger partial charge < -0.3 is 16.0 Å². The number of carbonyl (C=O) groups excluding carboxylic acids is 2. The van der Waals surface area contributed by atoms with E-state index in [0.717, 1.165) is 12.8 Å². The van der Waals surface area contributed by atoms with Gasteiger partial charge in [0.15, 0.2) is 0 Å². The maximum atomic E-state index is 11.9. The van der Waals surface area contributed by atoms with Crippen LogP contribution in [0, 0.1) is 5.92 Å². The van der Waals surface area contributed by atoms with Gasteiger partial charge in [0.05, 0.1) is 5.92 Å². The van der Waals surface area contributed by atoms with Gasteiger partial charge >= 0.3 is 0 Å². The van der Waals surface area contributed by atoms with Crippen LogP contribution in [0.15, 0.2) is 0 Å². The van der Waals surface area contributed by atoms with Gasteiger partial charge in [0, 0.05) is 32.1 Å². The fourth-order valence-corrected chi connectivity index (χ4v) is 1.95. The predicted octanol–water partition coefficient (Wildman–Crippen LogP) is 0.0984. The fourth-order valence-electron chi connectivity index (χ4n) is 1.95. The lowest BCUT2D eigenvalue weighted by molar-refractivity contribution is -0.128. The topological polar surface area (TPSA) is 75.4 Å². The maximum absolute atomic E-state index is 11.9. The summed E-state index contributed by atoms with van der Waals surface area (Å²) in [6.45, 7) is 5.03. The zero-order valence-electron chi connectivity index (χ0n) is 11.0. The van der Waals surface area contributed by atoms with Crippen molar-refractivity contribution in [2.45, 2.75) is 38.6 Å². The standard InChI is InChI=1S/C12H23N3O2/c1-4-12(13,5-2)8-14-11(17)9-6-10(16)15(3)7-9/h9H,4-8,13H2,1-3H3,(H,14,17). The van der Waals surface area contributed by atoms with Gasteiger partial charge in [-0.15, -0.1) is 0 Å². The normalized spacial score (nSPS) is 20.8. The van der Waals surface area contributed by atoms with Crippen LogP contribution in [0.1, 0.15) is 33.1 Å². The Kier molecular flexibility index (Phi) is 4.51. The third-order valence-corrected chi connectivity index (χ3v) is 3.73. The Morgan fingerprint density at radius 2 is 2.12 bits per heavy atom. The molecule has 1 aliphatic heterocycles. The summed E-state index contributed by atoms with van der Waals surface area (Å²) in [5.41, 5.74) is 5.78. The first kappa shape index (κ1) is 14.0. The zero-order valence-corrected chi connectivity index (χ0v) is 11.0. The van der Waals surface area contributed by atoms with Crippen LogP contribution in [0.3, 0.4) is 0 Å². The first-order valence-electron chi connectivity index (χ1n) is 6.22. The van der Waals surface area contributed by atoms with Crippen LogP contribution in [-0.4, -0.2) is 42.4 Å². The van der Waals surface area contributed by atoms with Gasteiger partial charge in [-0.25, -0.2) is 0 Å². The minimum absolute atomic E-state index is 0.0372. The number of nitrogens with zero attached hydrogens (tertiary/aromatic N) is 1. The van der Waals surface area contributed by atoms with E-state index < -0.39 is 0 Å². The van der Waals surface area contributed by atoms with Gasteiger partial charge in [-0.3, -0.25) is 9.59 Å². The predicted molar refractivity (Wildman–Crippen MR) is 66.3 cm³/mol. The smallest absolute Gasteiger partial charge is 0.225 e. The number of amides is 2. The average Bonchev–Trinajstić information content (AvgIpc) is 2.66. The Hall–Kier alpha value is -1.10. The van der Waals surface area contributed by atoms with E-state index in [0.29, 0.717) is 19.5 Å². The van der Waals surface area contributed by atoms with Crippen LogP contribution in [0.5, 0.6) is 0 Å². The van der Waals surface area contributed by atoms with E-state index in [1.54, 1.807) is 11.9 Å². The lowest BCUT2D eigenvalue weighted by Crippen LogP contribution is -2.50. The molecule has 1 aliphatic rings. The van der Waals surface area contributed by atoms with Crippen molar-refractivity contribution in [1.82, 2.24) is 10.2 Å². The molecule has 1 unspecified atom stereocenters. The molecule has 98 valence electrons. The van der Waals surface area contributed by atoms with Crippen LogP contribution in [0.2, 0.25) is 0 Å². The van der Waals surface area contributed by atoms with Crippen molar-refractivity contribution in [2.75, 3.05) is 20.1 Å². The zero-order chi connectivity index (χ0) is 13.1. The van der Waals surface area contributed by atoms with Crippen molar-refractivity contribution in [2.24, 2.45) is 11.7 Å². The van der Waals surface area contributed by atoms with E-state index in [2.05, 4.69) is 5.32 Å². The Balaban J connectivity index is 2.43. The van der Waals surface area contributed by atoms with Crippen molar-refractivity contribution in [1.29, 1.82) is 0 Å². The molecule has 0 aromatic rings. The van der Waals surface area contributed by atoms with Gasteiger partial charge in [0.1, 0.15) is 0 Å². The highest BCUT2D eigenvalue weighted by molar-refractivity contribution is 5.89. The highest BCUT2D eigenvalue weighted by atomic mass is 16.2. The van der Waals surface area contributed by atoms with Gasteiger partial charge in [0.2, 0.25) is 11.8 Å². The summed E-state index contributed by atoms with van der Waals surface area (Å²) < 4.78 is 0. The molecule has 1 saturated heterocycles. The fraction of sp³-hybridized carbons (Fsp3) is 0.833. The second-order valence-corrected chi connectivity index (χ2v) is 4.96. The van der Waals surface area contributed by atoms with Gasteiger partial charge in [-0.2, -0.15) is 0 Å². The number of likely N-dealkylation sites (tertiary alicyclic amines) is 1. The summed E-state index contributed by atoms with van der Waals surface area (Å²) in [6.07, 6.45) is 1.97. The molecule has 1 atom stereocenters. The lowest BCUT2D eigenvalue weighted by atomic mass is 9.94. The quantitative estimate of drug-likeness (QED) is 0.716. The molecule has 0 aliphatic carbocycles. The average molecular weight is 241 g/mol. The molecule has 0 bridgehead atoms. The van der Waals surface area contributed by atoms with Gasteiger partial charge in [0.25, 0.3) is 0 Å². The molecule has 1 fully saturated rings. The second-order valence-electron chi connectivity index (χ2n) is 4.96. The molecule has 2 amide bonds. The third kappa shape index (κ3) is 3.43. The van der Waals surface area contributed by atoms with E-state index in [-0.39, 0.29) is 23.3 Å². The lowest BCUT2D eigenvalue weighted by Gasteiger charge is -2.27. The summed E-state index contributed by atoms with van der Waals surface area (Å²) in [5, 5.41) is 2.87. The highest BCUT2D eigenvalue weighted by Gasteiger charge is 2.32. The van der Waals surface area contributed by atoms with Crippen LogP contribution in [-0.2, 0) is 9.59 Å². The summed E-state index contributed by atoms with van der Waals surface area (Å²) >= 11 is 0. The molecule has 3 N–H and O–H groups in total. The first-order chi connectivity index (χ1) is 7.91. The number of hydrogen-bond donors (Lipinski definition) is 2. The monoisotopic (exact) mass is 241 g/mol. The van der Waals surface area contributed by atoms with E-state index in [1.165, 1.54) is 0 Å². The molecule has 0 radical (unpaired) electrons. The minimum atomic E-state index is -0.329. The van der Waals surface area contributed by atoms with Crippen molar-refractivity contribution in [3.05, 3.63) is 0 Å². The molecule has 0 spiro atoms. The molecule has 0 saturated carbocycles. The number of rotatable bonds is 5. The van der Waals surface area contributed by atoms with Crippen LogP contribution < -0.4 is 11.1 Å². The van der Waals surface area contributed by atoms with Crippen molar-refractivity contribution >= 4 is 11.8 Å². The number of carbonyl (C=O) groups is 2. The van der Waals surface area contributed by atoms with Gasteiger partial charge in [-0.1, -0.05) is 13.8 Å². The second kappa shape index (κ2) is 5.49. The maximum Gasteiger partial charge on any atom is 0.225 e. The van der Waals surface area contributed by atoms with Crippen LogP contribution in [0.4, 0.5) is 0 Å². The Bertz CT molecular complexity index is 300. The molecule has 1 heterocycles. The largest absolute Gasteiger partial charge is 0.354 e. The number of hydrogen-bond acceptors (Lipinski definition) is 3. The van der Waals surface area contributed by atoms with Crippen molar-refractivity contribution in [3.63, 3.8) is 0 Å². The van der Waals surface area contributed by atoms with Crippen molar-refractivity contribution < 1.29 is 9.59 Å². The Morgan fingerprint density at radius 3 is 2.53 bits per heavy atom. The molecule has 5 heteroatoms. The first-order valence-corrected chi connectivity index (χ1v) is 6.22. The van der Waals surface area contributed by atoms with Gasteiger partial charge in [-0.05, 0) is 12.8 Å². The van der Waals surface area contributed by atoms with Crippen LogP contribution in [0.25, 0.3) is 0 Å². The highest BCUT2D eigenvalue weighted by Crippen LogP contribution is 2.16. The third-order valence-electron chi connectivity index (χ3n) is 3.73. The summed E-state index contributed by atoms with van der Waals surface area (Å²) in [4.78, 5) is 24.8. The van der Waals surface area contributed by atoms with E-state index in [4.69, 9.17) is 5.73 Å². The molecule has 17 heavy (non-hydrogen) atoms. The minimum Gasteiger partial charge on any atom is -0.354 e. The molecule has 0 aromatic heterocycles. The molecule has 1 rings (SSSR count). The molecular formula is C12H23N3O2. The summed E-state index contributed by atoms with van der Waals surface area (Å²) in [6, 6.07) is 0. The van der Waals surface area contributed by atoms with E-state index in [1.807, 2.05) is 13.8 Å². The Labute approximate surface area is 103 Å². The number of nitrogens with two attached hydrogens (primary N) is 1. The molecule has 5 nitrogen and oxygen atoms in total. The van der Waals surface area contributed by atoms with Crippen molar-refractivity contribution in [3.8, 4) is 0 Å².